The standard InChI is InChI=1S/C36H7BF16O3/c38-11-7-5-8-4-6-10-15-13(8)16(11)22(41)23(42)17(15)26(45)33(52)35(10)55-37(54-12-3-1-2-9-14(12)21(40)29(48)28(47)20(9)39)56-36-19-18(25(44)32(51)34(36)53)24(43)30(49)31(50)27(19)46/h1-7H. The molecule has 0 bridgehead atoms. The monoisotopic (exact) mass is 802 g/mol. The lowest BCUT2D eigenvalue weighted by molar-refractivity contribution is 0.291. The highest BCUT2D eigenvalue weighted by Crippen LogP contribution is 2.46. The Hall–Kier alpha value is -6.34. The molecule has 0 aliphatic heterocycles. The Morgan fingerprint density at radius 3 is 1.43 bits per heavy atom. The fourth-order valence-corrected chi connectivity index (χ4v) is 6.44. The van der Waals surface area contributed by atoms with Crippen LogP contribution in [0.3, 0.4) is 0 Å². The molecule has 0 saturated carbocycles. The van der Waals surface area contributed by atoms with E-state index < -0.39 is 166 Å². The van der Waals surface area contributed by atoms with Crippen molar-refractivity contribution in [3.8, 4) is 17.2 Å². The van der Waals surface area contributed by atoms with Crippen LogP contribution in [-0.2, 0) is 0 Å². The third-order valence-electron chi connectivity index (χ3n) is 8.88. The molecule has 0 aromatic heterocycles. The highest BCUT2D eigenvalue weighted by molar-refractivity contribution is 6.41. The predicted octanol–water partition coefficient (Wildman–Crippen LogP) is 11.6. The Morgan fingerprint density at radius 1 is 0.304 bits per heavy atom. The number of hydrogen-bond donors (Lipinski definition) is 0. The predicted molar refractivity (Wildman–Crippen MR) is 165 cm³/mol. The quantitative estimate of drug-likeness (QED) is 0.0551. The molecule has 0 heterocycles. The van der Waals surface area contributed by atoms with Crippen molar-refractivity contribution in [1.82, 2.24) is 0 Å². The van der Waals surface area contributed by atoms with Crippen LogP contribution in [0, 0.1) is 93.1 Å². The average molecular weight is 802 g/mol. The first kappa shape index (κ1) is 36.6. The molecule has 0 spiro atoms. The van der Waals surface area contributed by atoms with Crippen LogP contribution < -0.4 is 14.0 Å². The van der Waals surface area contributed by atoms with Gasteiger partial charge in [0.2, 0.25) is 5.82 Å². The van der Waals surface area contributed by atoms with Crippen molar-refractivity contribution < 1.29 is 84.2 Å². The highest BCUT2D eigenvalue weighted by atomic mass is 19.2. The van der Waals surface area contributed by atoms with Crippen molar-refractivity contribution in [2.45, 2.75) is 0 Å². The maximum Gasteiger partial charge on any atom is 0.864 e. The molecule has 0 radical (unpaired) electrons. The van der Waals surface area contributed by atoms with Gasteiger partial charge in [0.25, 0.3) is 0 Å². The number of halogens is 16. The summed E-state index contributed by atoms with van der Waals surface area (Å²) in [5.74, 6) is -42.9. The van der Waals surface area contributed by atoms with Crippen molar-refractivity contribution in [2.75, 3.05) is 0 Å². The summed E-state index contributed by atoms with van der Waals surface area (Å²) < 4.78 is 254. The van der Waals surface area contributed by atoms with E-state index in [0.29, 0.717) is 18.2 Å². The zero-order valence-corrected chi connectivity index (χ0v) is 26.4. The normalized spacial score (nSPS) is 11.9. The van der Waals surface area contributed by atoms with Crippen molar-refractivity contribution in [1.29, 1.82) is 0 Å². The van der Waals surface area contributed by atoms with E-state index in [1.54, 1.807) is 0 Å². The largest absolute Gasteiger partial charge is 0.864 e. The summed E-state index contributed by atoms with van der Waals surface area (Å²) in [4.78, 5) is 0. The molecule has 20 heteroatoms. The van der Waals surface area contributed by atoms with Crippen LogP contribution in [0.1, 0.15) is 0 Å². The molecule has 56 heavy (non-hydrogen) atoms. The van der Waals surface area contributed by atoms with Gasteiger partial charge in [-0.15, -0.1) is 0 Å². The van der Waals surface area contributed by atoms with Gasteiger partial charge in [-0.25, -0.2) is 61.5 Å². The summed E-state index contributed by atoms with van der Waals surface area (Å²) in [7, 11) is -3.29. The highest BCUT2D eigenvalue weighted by Gasteiger charge is 2.40. The van der Waals surface area contributed by atoms with E-state index in [0.717, 1.165) is 24.3 Å². The minimum absolute atomic E-state index is 0.108. The van der Waals surface area contributed by atoms with E-state index in [-0.39, 0.29) is 5.39 Å². The van der Waals surface area contributed by atoms with E-state index in [9.17, 15) is 39.5 Å². The zero-order valence-electron chi connectivity index (χ0n) is 26.4. The van der Waals surface area contributed by atoms with Crippen molar-refractivity contribution in [3.05, 3.63) is 136 Å². The van der Waals surface area contributed by atoms with E-state index in [4.69, 9.17) is 14.0 Å². The molecule has 0 saturated heterocycles. The van der Waals surface area contributed by atoms with Crippen LogP contribution in [0.25, 0.3) is 53.9 Å². The molecule has 0 aliphatic carbocycles. The van der Waals surface area contributed by atoms with Gasteiger partial charge in [0.15, 0.2) is 92.9 Å². The lowest BCUT2D eigenvalue weighted by Gasteiger charge is -2.22. The molecule has 0 unspecified atom stereocenters. The van der Waals surface area contributed by atoms with E-state index in [1.165, 1.54) is 0 Å². The van der Waals surface area contributed by atoms with Crippen LogP contribution in [0.2, 0.25) is 0 Å². The first-order valence-corrected chi connectivity index (χ1v) is 15.2. The topological polar surface area (TPSA) is 27.7 Å². The lowest BCUT2D eigenvalue weighted by Crippen LogP contribution is -2.38. The van der Waals surface area contributed by atoms with Crippen molar-refractivity contribution in [3.63, 3.8) is 0 Å². The third kappa shape index (κ3) is 4.89. The van der Waals surface area contributed by atoms with Gasteiger partial charge in [-0.3, -0.25) is 0 Å². The van der Waals surface area contributed by atoms with Gasteiger partial charge in [-0.05, 0) is 23.6 Å². The summed E-state index contributed by atoms with van der Waals surface area (Å²) in [5, 5.41) is -11.5. The van der Waals surface area contributed by atoms with Crippen molar-refractivity contribution >= 4 is 61.2 Å². The SMILES string of the molecule is Fc1c(F)c(F)c2c(OB(Oc3c(F)c(F)c4c(F)c(F)c5c(F)ccc6ccc3c4c65)Oc3c(F)c(F)c(F)c4c(F)c(F)c(F)c(F)c34)cccc2c1F. The van der Waals surface area contributed by atoms with Crippen LogP contribution in [-0.4, -0.2) is 7.32 Å². The molecule has 3 nitrogen and oxygen atoms in total. The first-order valence-electron chi connectivity index (χ1n) is 15.2. The summed E-state index contributed by atoms with van der Waals surface area (Å²) >= 11 is 0. The first-order chi connectivity index (χ1) is 26.5. The Bertz CT molecular complexity index is 3040. The zero-order chi connectivity index (χ0) is 40.4. The summed E-state index contributed by atoms with van der Waals surface area (Å²) in [6.45, 7) is 0. The molecule has 8 rings (SSSR count). The molecule has 0 aliphatic rings. The molecular formula is C36H7BF16O3. The molecule has 0 fully saturated rings. The van der Waals surface area contributed by atoms with E-state index in [1.807, 2.05) is 0 Å². The summed E-state index contributed by atoms with van der Waals surface area (Å²) in [6.07, 6.45) is 0. The van der Waals surface area contributed by atoms with Crippen LogP contribution >= 0.6 is 0 Å². The van der Waals surface area contributed by atoms with Gasteiger partial charge in [-0.2, -0.15) is 8.78 Å². The van der Waals surface area contributed by atoms with Gasteiger partial charge < -0.3 is 14.0 Å². The molecule has 0 atom stereocenters. The Balaban J connectivity index is 1.42. The Kier molecular flexibility index (Phi) is 8.24. The Labute approximate surface area is 298 Å². The second kappa shape index (κ2) is 12.6. The van der Waals surface area contributed by atoms with Gasteiger partial charge in [0, 0.05) is 21.5 Å². The lowest BCUT2D eigenvalue weighted by atomic mass is 9.92. The van der Waals surface area contributed by atoms with Gasteiger partial charge in [-0.1, -0.05) is 24.3 Å². The van der Waals surface area contributed by atoms with Crippen molar-refractivity contribution in [2.24, 2.45) is 0 Å². The molecule has 0 amide bonds. The van der Waals surface area contributed by atoms with Crippen LogP contribution in [0.15, 0.2) is 42.5 Å². The molecular weight excluding hydrogens is 795 g/mol. The van der Waals surface area contributed by atoms with Gasteiger partial charge >= 0.3 is 7.32 Å². The minimum Gasteiger partial charge on any atom is -0.489 e. The Morgan fingerprint density at radius 2 is 0.768 bits per heavy atom. The number of benzene rings is 8. The fraction of sp³-hybridized carbons (Fsp3) is 0. The second-order valence-corrected chi connectivity index (χ2v) is 11.8. The average Bonchev–Trinajstić information content (AvgIpc) is 3.18. The molecule has 284 valence electrons. The van der Waals surface area contributed by atoms with Gasteiger partial charge in [0.05, 0.1) is 26.9 Å². The van der Waals surface area contributed by atoms with Gasteiger partial charge in [0.1, 0.15) is 11.6 Å². The fourth-order valence-electron chi connectivity index (χ4n) is 6.44. The second-order valence-electron chi connectivity index (χ2n) is 11.8. The maximum atomic E-state index is 16.0. The summed E-state index contributed by atoms with van der Waals surface area (Å²) in [5.41, 5.74) is 0. The minimum atomic E-state index is -3.29. The third-order valence-corrected chi connectivity index (χ3v) is 8.88. The van der Waals surface area contributed by atoms with E-state index in [2.05, 4.69) is 0 Å². The number of rotatable bonds is 6. The van der Waals surface area contributed by atoms with Crippen LogP contribution in [0.5, 0.6) is 17.2 Å². The number of hydrogen-bond acceptors (Lipinski definition) is 3. The number of fused-ring (bicyclic) bond motifs is 2. The molecule has 0 N–H and O–H groups in total. The van der Waals surface area contributed by atoms with E-state index >= 15 is 30.7 Å². The maximum absolute atomic E-state index is 16.0. The van der Waals surface area contributed by atoms with Crippen LogP contribution in [0.4, 0.5) is 70.2 Å². The smallest absolute Gasteiger partial charge is 0.489 e. The molecule has 8 aromatic carbocycles. The molecule has 8 aromatic rings. The summed E-state index contributed by atoms with van der Waals surface area (Å²) in [6, 6.07) is 5.58.